The van der Waals surface area contributed by atoms with Crippen LogP contribution in [0.1, 0.15) is 25.3 Å². The lowest BCUT2D eigenvalue weighted by Crippen LogP contribution is -2.46. The second-order valence-corrected chi connectivity index (χ2v) is 5.69. The van der Waals surface area contributed by atoms with Gasteiger partial charge >= 0.3 is 0 Å². The first-order valence-corrected chi connectivity index (χ1v) is 7.32. The van der Waals surface area contributed by atoms with E-state index in [1.165, 1.54) is 6.07 Å². The van der Waals surface area contributed by atoms with Crippen molar-refractivity contribution < 1.29 is 9.13 Å². The van der Waals surface area contributed by atoms with E-state index in [9.17, 15) is 4.39 Å². The molecule has 0 amide bonds. The van der Waals surface area contributed by atoms with E-state index in [2.05, 4.69) is 15.6 Å². The van der Waals surface area contributed by atoms with Crippen molar-refractivity contribution in [3.05, 3.63) is 35.6 Å². The van der Waals surface area contributed by atoms with Crippen LogP contribution in [-0.2, 0) is 10.2 Å². The molecule has 124 valence electrons. The van der Waals surface area contributed by atoms with Gasteiger partial charge in [0.05, 0.1) is 6.61 Å². The van der Waals surface area contributed by atoms with E-state index < -0.39 is 0 Å². The van der Waals surface area contributed by atoms with Gasteiger partial charge in [-0.1, -0.05) is 18.2 Å². The molecule has 0 spiro atoms. The number of rotatable bonds is 6. The molecule has 4 nitrogen and oxygen atoms in total. The van der Waals surface area contributed by atoms with E-state index in [1.54, 1.807) is 20.2 Å². The summed E-state index contributed by atoms with van der Waals surface area (Å²) in [7, 11) is 3.41. The lowest BCUT2D eigenvalue weighted by Gasteiger charge is -2.21. The summed E-state index contributed by atoms with van der Waals surface area (Å²) in [4.78, 5) is 4.20. The predicted molar refractivity (Wildman–Crippen MR) is 98.6 cm³/mol. The Hall–Kier alpha value is -0.890. The van der Waals surface area contributed by atoms with Crippen LogP contribution in [0.4, 0.5) is 4.39 Å². The lowest BCUT2D eigenvalue weighted by atomic mass is 9.95. The summed E-state index contributed by atoms with van der Waals surface area (Å²) in [5.41, 5.74) is 0.714. The third kappa shape index (κ3) is 4.81. The molecular weight excluding hydrogens is 396 g/mol. The third-order valence-electron chi connectivity index (χ3n) is 3.92. The molecule has 1 aromatic carbocycles. The van der Waals surface area contributed by atoms with Crippen LogP contribution in [0.15, 0.2) is 29.3 Å². The van der Waals surface area contributed by atoms with E-state index in [0.29, 0.717) is 13.2 Å². The van der Waals surface area contributed by atoms with Crippen molar-refractivity contribution in [1.82, 2.24) is 10.6 Å². The highest BCUT2D eigenvalue weighted by molar-refractivity contribution is 14.0. The molecule has 1 aliphatic carbocycles. The van der Waals surface area contributed by atoms with E-state index in [1.807, 2.05) is 19.1 Å². The van der Waals surface area contributed by atoms with Gasteiger partial charge in [-0.05, 0) is 31.4 Å². The van der Waals surface area contributed by atoms with Crippen molar-refractivity contribution in [1.29, 1.82) is 0 Å². The first-order valence-electron chi connectivity index (χ1n) is 7.32. The number of halogens is 2. The second-order valence-electron chi connectivity index (χ2n) is 5.69. The predicted octanol–water partition coefficient (Wildman–Crippen LogP) is 2.68. The van der Waals surface area contributed by atoms with E-state index in [4.69, 9.17) is 4.74 Å². The number of hydrogen-bond donors (Lipinski definition) is 2. The maximum absolute atomic E-state index is 14.0. The Balaban J connectivity index is 0.00000242. The fourth-order valence-electron chi connectivity index (χ4n) is 2.56. The minimum absolute atomic E-state index is 0. The highest BCUT2D eigenvalue weighted by atomic mass is 127. The van der Waals surface area contributed by atoms with Crippen molar-refractivity contribution >= 4 is 29.9 Å². The first kappa shape index (κ1) is 19.2. The quantitative estimate of drug-likeness (QED) is 0.422. The molecule has 2 N–H and O–H groups in total. The van der Waals surface area contributed by atoms with Crippen LogP contribution in [-0.4, -0.2) is 39.3 Å². The fraction of sp³-hybridized carbons (Fsp3) is 0.562. The van der Waals surface area contributed by atoms with Crippen molar-refractivity contribution in [3.63, 3.8) is 0 Å². The minimum atomic E-state index is -0.118. The molecule has 2 rings (SSSR count). The van der Waals surface area contributed by atoms with Crippen molar-refractivity contribution in [3.8, 4) is 0 Å². The molecule has 1 saturated carbocycles. The summed E-state index contributed by atoms with van der Waals surface area (Å²) in [6.45, 7) is 3.33. The summed E-state index contributed by atoms with van der Waals surface area (Å²) in [5.74, 6) is 0.606. The van der Waals surface area contributed by atoms with Gasteiger partial charge in [-0.2, -0.15) is 0 Å². The summed E-state index contributed by atoms with van der Waals surface area (Å²) in [6, 6.07) is 7.21. The van der Waals surface area contributed by atoms with Crippen LogP contribution in [0.5, 0.6) is 0 Å². The van der Waals surface area contributed by atoms with Gasteiger partial charge in [0.1, 0.15) is 5.82 Å². The number of nitrogens with zero attached hydrogens (tertiary/aromatic N) is 1. The molecule has 1 fully saturated rings. The Morgan fingerprint density at radius 1 is 1.41 bits per heavy atom. The fourth-order valence-corrected chi connectivity index (χ4v) is 2.56. The molecule has 0 bridgehead atoms. The zero-order valence-corrected chi connectivity index (χ0v) is 15.7. The van der Waals surface area contributed by atoms with Crippen LogP contribution in [0.2, 0.25) is 0 Å². The molecule has 6 heteroatoms. The molecule has 0 radical (unpaired) electrons. The number of guanidine groups is 1. The topological polar surface area (TPSA) is 45.7 Å². The summed E-state index contributed by atoms with van der Waals surface area (Å²) in [6.07, 6.45) is 2.01. The Morgan fingerprint density at radius 3 is 2.64 bits per heavy atom. The lowest BCUT2D eigenvalue weighted by molar-refractivity contribution is 0.179. The summed E-state index contributed by atoms with van der Waals surface area (Å²) >= 11 is 0. The Bertz CT molecular complexity index is 506. The van der Waals surface area contributed by atoms with Gasteiger partial charge in [0.15, 0.2) is 5.96 Å². The molecule has 1 unspecified atom stereocenters. The molecule has 1 aromatic rings. The van der Waals surface area contributed by atoms with Gasteiger partial charge in [0.2, 0.25) is 0 Å². The zero-order valence-electron chi connectivity index (χ0n) is 13.4. The molecule has 1 atom stereocenters. The van der Waals surface area contributed by atoms with E-state index in [0.717, 1.165) is 24.4 Å². The molecule has 0 aromatic heterocycles. The third-order valence-corrected chi connectivity index (χ3v) is 3.92. The smallest absolute Gasteiger partial charge is 0.191 e. The number of ether oxygens (including phenoxy) is 1. The summed E-state index contributed by atoms with van der Waals surface area (Å²) < 4.78 is 19.0. The number of aliphatic imine (C=N–C) groups is 1. The van der Waals surface area contributed by atoms with Gasteiger partial charge in [-0.15, -0.1) is 24.0 Å². The van der Waals surface area contributed by atoms with Gasteiger partial charge in [-0.3, -0.25) is 4.99 Å². The summed E-state index contributed by atoms with van der Waals surface area (Å²) in [5, 5.41) is 6.56. The molecular formula is C16H25FIN3O. The van der Waals surface area contributed by atoms with Crippen LogP contribution >= 0.6 is 24.0 Å². The highest BCUT2D eigenvalue weighted by Crippen LogP contribution is 2.48. The van der Waals surface area contributed by atoms with Gasteiger partial charge < -0.3 is 15.4 Å². The Morgan fingerprint density at radius 2 is 2.09 bits per heavy atom. The van der Waals surface area contributed by atoms with E-state index in [-0.39, 0.29) is 41.3 Å². The Kier molecular flexibility index (Phi) is 7.55. The largest absolute Gasteiger partial charge is 0.383 e. The second kappa shape index (κ2) is 8.67. The monoisotopic (exact) mass is 421 g/mol. The Labute approximate surface area is 148 Å². The molecule has 0 heterocycles. The number of methoxy groups -OCH3 is 1. The van der Waals surface area contributed by atoms with E-state index >= 15 is 0 Å². The normalized spacial score (nSPS) is 17.4. The maximum Gasteiger partial charge on any atom is 0.191 e. The van der Waals surface area contributed by atoms with Crippen molar-refractivity contribution in [2.75, 3.05) is 27.3 Å². The number of hydrogen-bond acceptors (Lipinski definition) is 2. The van der Waals surface area contributed by atoms with Gasteiger partial charge in [-0.25, -0.2) is 4.39 Å². The SMILES string of the molecule is CN=C(NCC1(c2ccccc2F)CC1)NC(C)COC.I. The van der Waals surface area contributed by atoms with Crippen molar-refractivity contribution in [2.45, 2.75) is 31.2 Å². The zero-order chi connectivity index (χ0) is 15.3. The molecule has 0 saturated heterocycles. The van der Waals surface area contributed by atoms with Crippen LogP contribution in [0.3, 0.4) is 0 Å². The van der Waals surface area contributed by atoms with Gasteiger partial charge in [0.25, 0.3) is 0 Å². The van der Waals surface area contributed by atoms with Crippen LogP contribution in [0.25, 0.3) is 0 Å². The molecule has 1 aliphatic rings. The number of nitrogens with one attached hydrogen (secondary N) is 2. The number of benzene rings is 1. The first-order chi connectivity index (χ1) is 10.1. The average molecular weight is 421 g/mol. The minimum Gasteiger partial charge on any atom is -0.383 e. The maximum atomic E-state index is 14.0. The highest BCUT2D eigenvalue weighted by Gasteiger charge is 2.45. The van der Waals surface area contributed by atoms with Crippen molar-refractivity contribution in [2.24, 2.45) is 4.99 Å². The standard InChI is InChI=1S/C16H24FN3O.HI/c1-12(10-21-3)20-15(18-2)19-11-16(8-9-16)13-6-4-5-7-14(13)17;/h4-7,12H,8-11H2,1-3H3,(H2,18,19,20);1H. The van der Waals surface area contributed by atoms with Gasteiger partial charge in [0, 0.05) is 32.2 Å². The average Bonchev–Trinajstić information content (AvgIpc) is 3.25. The molecule has 22 heavy (non-hydrogen) atoms. The molecule has 0 aliphatic heterocycles. The van der Waals surface area contributed by atoms with Crippen LogP contribution < -0.4 is 10.6 Å². The van der Waals surface area contributed by atoms with Crippen LogP contribution in [0, 0.1) is 5.82 Å².